The van der Waals surface area contributed by atoms with Crippen LogP contribution in [0.2, 0.25) is 0 Å². The molecule has 2 aromatic rings. The number of urea groups is 1. The number of aryl methyl sites for hydroxylation is 1. The Morgan fingerprint density at radius 2 is 1.88 bits per heavy atom. The molecule has 2 N–H and O–H groups in total. The smallest absolute Gasteiger partial charge is 0.338 e. The lowest BCUT2D eigenvalue weighted by Gasteiger charge is -2.33. The zero-order valence-corrected chi connectivity index (χ0v) is 18.6. The molecule has 2 heterocycles. The van der Waals surface area contributed by atoms with Crippen molar-refractivity contribution in [3.8, 4) is 0 Å². The molecule has 0 aliphatic carbocycles. The highest BCUT2D eigenvalue weighted by Crippen LogP contribution is 2.29. The second-order valence-corrected chi connectivity index (χ2v) is 8.09. The number of carbonyl (C=O) groups excluding carboxylic acids is 2. The Balaban J connectivity index is 1.59. The average molecular weight is 432 g/mol. The summed E-state index contributed by atoms with van der Waals surface area (Å²) in [4.78, 5) is 27.5. The number of benzene rings is 2. The quantitative estimate of drug-likeness (QED) is 0.683. The van der Waals surface area contributed by atoms with Crippen LogP contribution in [0.4, 0.5) is 4.79 Å². The van der Waals surface area contributed by atoms with Crippen molar-refractivity contribution in [1.82, 2.24) is 15.5 Å². The van der Waals surface area contributed by atoms with Crippen LogP contribution in [-0.2, 0) is 16.0 Å². The minimum atomic E-state index is -0.544. The zero-order valence-electron chi connectivity index (χ0n) is 18.6. The summed E-state index contributed by atoms with van der Waals surface area (Å²) in [7, 11) is 1.37. The fourth-order valence-electron chi connectivity index (χ4n) is 4.28. The summed E-state index contributed by atoms with van der Waals surface area (Å²) in [6.45, 7) is 4.16. The number of hydrogen-bond acceptors (Lipinski definition) is 4. The fourth-order valence-corrected chi connectivity index (χ4v) is 4.28. The summed E-state index contributed by atoms with van der Waals surface area (Å²) in [5.41, 5.74) is 5.68. The van der Waals surface area contributed by atoms with Crippen molar-refractivity contribution in [3.05, 3.63) is 88.6 Å². The molecule has 6 heteroatoms. The number of methoxy groups -OCH3 is 1. The molecule has 6 nitrogen and oxygen atoms in total. The maximum atomic E-state index is 12.8. The van der Waals surface area contributed by atoms with Crippen LogP contribution < -0.4 is 10.6 Å². The van der Waals surface area contributed by atoms with E-state index in [9.17, 15) is 9.59 Å². The summed E-state index contributed by atoms with van der Waals surface area (Å²) in [6, 6.07) is 17.5. The maximum Gasteiger partial charge on any atom is 0.338 e. The van der Waals surface area contributed by atoms with Gasteiger partial charge in [0.1, 0.15) is 0 Å². The van der Waals surface area contributed by atoms with Crippen molar-refractivity contribution in [3.63, 3.8) is 0 Å². The van der Waals surface area contributed by atoms with E-state index >= 15 is 0 Å². The minimum Gasteiger partial charge on any atom is -0.466 e. The summed E-state index contributed by atoms with van der Waals surface area (Å²) < 4.78 is 5.10. The second-order valence-electron chi connectivity index (χ2n) is 8.09. The van der Waals surface area contributed by atoms with Crippen molar-refractivity contribution in [1.29, 1.82) is 0 Å². The number of nitrogens with zero attached hydrogens (tertiary/aromatic N) is 1. The first-order valence-corrected chi connectivity index (χ1v) is 11.0. The molecule has 0 saturated carbocycles. The zero-order chi connectivity index (χ0) is 22.5. The molecule has 0 saturated heterocycles. The van der Waals surface area contributed by atoms with Crippen LogP contribution in [0.3, 0.4) is 0 Å². The van der Waals surface area contributed by atoms with Crippen molar-refractivity contribution in [2.45, 2.75) is 25.8 Å². The second kappa shape index (κ2) is 9.83. The number of ether oxygens (including phenoxy) is 1. The lowest BCUT2D eigenvalue weighted by atomic mass is 9.93. The van der Waals surface area contributed by atoms with E-state index in [-0.39, 0.29) is 6.03 Å². The Bertz CT molecular complexity index is 1040. The highest BCUT2D eigenvalue weighted by molar-refractivity contribution is 5.95. The van der Waals surface area contributed by atoms with Gasteiger partial charge in [0.05, 0.1) is 18.7 Å². The van der Waals surface area contributed by atoms with Gasteiger partial charge in [0.15, 0.2) is 0 Å². The first kappa shape index (κ1) is 21.8. The van der Waals surface area contributed by atoms with Gasteiger partial charge in [0.25, 0.3) is 0 Å². The third-order valence-corrected chi connectivity index (χ3v) is 6.10. The van der Waals surface area contributed by atoms with Crippen LogP contribution in [-0.4, -0.2) is 43.6 Å². The average Bonchev–Trinajstić information content (AvgIpc) is 2.84. The van der Waals surface area contributed by atoms with Crippen LogP contribution >= 0.6 is 0 Å². The molecular formula is C26H29N3O3. The normalized spacial score (nSPS) is 19.1. The van der Waals surface area contributed by atoms with E-state index < -0.39 is 12.0 Å². The number of hydrogen-bond donors (Lipinski definition) is 2. The molecule has 2 aliphatic rings. The number of nitrogens with one attached hydrogen (secondary N) is 2. The molecular weight excluding hydrogens is 402 g/mol. The molecule has 0 radical (unpaired) electrons. The summed E-state index contributed by atoms with van der Waals surface area (Å²) >= 11 is 0. The largest absolute Gasteiger partial charge is 0.466 e. The van der Waals surface area contributed by atoms with E-state index in [2.05, 4.69) is 40.7 Å². The maximum absolute atomic E-state index is 12.8. The predicted molar refractivity (Wildman–Crippen MR) is 125 cm³/mol. The lowest BCUT2D eigenvalue weighted by molar-refractivity contribution is -0.136. The first-order valence-electron chi connectivity index (χ1n) is 11.0. The first-order chi connectivity index (χ1) is 15.6. The van der Waals surface area contributed by atoms with E-state index in [0.29, 0.717) is 17.8 Å². The van der Waals surface area contributed by atoms with Crippen LogP contribution in [0.1, 0.15) is 36.1 Å². The van der Waals surface area contributed by atoms with Gasteiger partial charge in [-0.15, -0.1) is 0 Å². The van der Waals surface area contributed by atoms with E-state index in [4.69, 9.17) is 4.74 Å². The number of rotatable bonds is 6. The molecule has 1 atom stereocenters. The molecule has 4 rings (SSSR count). The van der Waals surface area contributed by atoms with Gasteiger partial charge < -0.3 is 15.4 Å². The van der Waals surface area contributed by atoms with E-state index in [1.54, 1.807) is 0 Å². The molecule has 0 unspecified atom stereocenters. The molecule has 166 valence electrons. The summed E-state index contributed by atoms with van der Waals surface area (Å²) in [5.74, 6) is -0.436. The van der Waals surface area contributed by atoms with E-state index in [0.717, 1.165) is 31.5 Å². The van der Waals surface area contributed by atoms with E-state index in [1.165, 1.54) is 23.8 Å². The highest BCUT2D eigenvalue weighted by Gasteiger charge is 2.34. The van der Waals surface area contributed by atoms with Gasteiger partial charge in [-0.3, -0.25) is 4.90 Å². The van der Waals surface area contributed by atoms with Crippen LogP contribution in [0.5, 0.6) is 0 Å². The standard InChI is InChI=1S/C26H29N3O3/c1-3-18-9-11-21(12-10-18)24-23(25(30)32-2)22(27-26(31)28-24)17-29-15-13-20(14-16-29)19-7-5-4-6-8-19/h4-13,24H,3,14-17H2,1-2H3,(H2,27,28,31)/t24-/m1/s1. The Morgan fingerprint density at radius 3 is 2.50 bits per heavy atom. The van der Waals surface area contributed by atoms with Crippen LogP contribution in [0.25, 0.3) is 5.57 Å². The van der Waals surface area contributed by atoms with Crippen molar-refractivity contribution in [2.24, 2.45) is 0 Å². The lowest BCUT2D eigenvalue weighted by Crippen LogP contribution is -2.48. The minimum absolute atomic E-state index is 0.310. The molecule has 0 bridgehead atoms. The van der Waals surface area contributed by atoms with Gasteiger partial charge in [-0.05, 0) is 35.1 Å². The molecule has 0 fully saturated rings. The Hall–Kier alpha value is -3.38. The summed E-state index contributed by atoms with van der Waals surface area (Å²) in [5, 5.41) is 5.75. The van der Waals surface area contributed by atoms with Gasteiger partial charge in [-0.25, -0.2) is 9.59 Å². The highest BCUT2D eigenvalue weighted by atomic mass is 16.5. The molecule has 32 heavy (non-hydrogen) atoms. The molecule has 2 aromatic carbocycles. The fraction of sp³-hybridized carbons (Fsp3) is 0.308. The topological polar surface area (TPSA) is 70.7 Å². The molecule has 2 amide bonds. The van der Waals surface area contributed by atoms with Crippen molar-refractivity contribution >= 4 is 17.6 Å². The van der Waals surface area contributed by atoms with Gasteiger partial charge in [0.2, 0.25) is 0 Å². The summed E-state index contributed by atoms with van der Waals surface area (Å²) in [6.07, 6.45) is 4.07. The van der Waals surface area contributed by atoms with Gasteiger partial charge >= 0.3 is 12.0 Å². The van der Waals surface area contributed by atoms with Gasteiger partial charge in [0, 0.05) is 25.3 Å². The van der Waals surface area contributed by atoms with Crippen LogP contribution in [0.15, 0.2) is 71.9 Å². The Labute approximate surface area is 189 Å². The molecule has 2 aliphatic heterocycles. The monoisotopic (exact) mass is 431 g/mol. The molecule has 0 spiro atoms. The SMILES string of the molecule is CCc1ccc([C@H]2NC(=O)NC(CN3CC=C(c4ccccc4)CC3)=C2C(=O)OC)cc1. The van der Waals surface area contributed by atoms with Gasteiger partial charge in [-0.1, -0.05) is 67.6 Å². The number of carbonyl (C=O) groups is 2. The van der Waals surface area contributed by atoms with Crippen LogP contribution in [0, 0.1) is 0 Å². The third-order valence-electron chi connectivity index (χ3n) is 6.10. The predicted octanol–water partition coefficient (Wildman–Crippen LogP) is 3.82. The van der Waals surface area contributed by atoms with Crippen molar-refractivity contribution < 1.29 is 14.3 Å². The molecule has 0 aromatic heterocycles. The Morgan fingerprint density at radius 1 is 1.12 bits per heavy atom. The van der Waals surface area contributed by atoms with Gasteiger partial charge in [-0.2, -0.15) is 0 Å². The van der Waals surface area contributed by atoms with Crippen molar-refractivity contribution in [2.75, 3.05) is 26.7 Å². The van der Waals surface area contributed by atoms with E-state index in [1.807, 2.05) is 42.5 Å². The third kappa shape index (κ3) is 4.75. The number of esters is 1. The number of amides is 2. The Kier molecular flexibility index (Phi) is 6.71.